The molecule has 0 aliphatic heterocycles. The average Bonchev–Trinajstić information content (AvgIpc) is 1.69. The third-order valence-corrected chi connectivity index (χ3v) is 23.4. The number of thiazole rings is 4. The molecule has 0 aliphatic rings. The van der Waals surface area contributed by atoms with Gasteiger partial charge in [-0.3, -0.25) is 4.79 Å². The minimum absolute atomic E-state index is 0.00727. The summed E-state index contributed by atoms with van der Waals surface area (Å²) in [5.74, 6) is 30.6. The van der Waals surface area contributed by atoms with Gasteiger partial charge in [-0.15, -0.1) is 45.3 Å². The molecule has 0 fully saturated rings. The average molecular weight is 1680 g/mol. The third kappa shape index (κ3) is 25.8. The lowest BCUT2D eigenvalue weighted by Gasteiger charge is -2.08. The van der Waals surface area contributed by atoms with Crippen molar-refractivity contribution >= 4 is 156 Å². The van der Waals surface area contributed by atoms with E-state index >= 15 is 0 Å². The number of amides is 1. The molecule has 1 amide bonds. The van der Waals surface area contributed by atoms with E-state index in [2.05, 4.69) is 141 Å². The number of carbonyl (C=O) groups excluding carboxylic acids is 1. The standard InChI is InChI=1S/C23H20N2O3S2.C22H22N4O4S2.C21H18N2O2S.C20H19N3O3S2/c1-3-30(27,28)13-5-4-8-18-9-6-11-20(14-18)24-12-7-10-19-15-21(26)23-22(16-19)29-17(2)25-23;1-3-32(29,30)24-11-9-21(28)26-18-8-4-7-17(14-18)23-10-5-6-16-12-19(27)22-20(13-16)31-15(2)25-22;1-13-22-21-18(25)9-14(10-19(21)26-13)5-2-3-6-15-7-4-8-16-11-17(12-24)23-20(15)16;1-3-28(25,26)22-13-16-6-4-8-17(10-16)21-9-5-7-15-11-18(24)20-19(12-15)27-14(2)23-20/h3,6,9,11,14-16,24,26H,1,5,12-13H2,2H3;3-4,7-8,12-14,23-24,27H,1,9-11H2,2H3,(H,26,28);4,7-11,23-25H,3,6,12H2,1H3;3-4,6,8,10-12,21-22,24H,1,9,13H2,2H3. The van der Waals surface area contributed by atoms with Crippen LogP contribution in [0.2, 0.25) is 0 Å². The van der Waals surface area contributed by atoms with Crippen molar-refractivity contribution in [1.29, 1.82) is 0 Å². The van der Waals surface area contributed by atoms with E-state index < -0.39 is 29.9 Å². The number of H-pyrrole nitrogens is 1. The summed E-state index contributed by atoms with van der Waals surface area (Å²) in [6.07, 6.45) is 1.79. The molecule has 0 atom stereocenters. The monoisotopic (exact) mass is 1680 g/mol. The summed E-state index contributed by atoms with van der Waals surface area (Å²) in [5, 5.41) is 69.3. The van der Waals surface area contributed by atoms with E-state index in [9.17, 15) is 55.6 Å². The third-order valence-electron chi connectivity index (χ3n) is 16.4. The van der Waals surface area contributed by atoms with Gasteiger partial charge in [-0.1, -0.05) is 121 Å². The zero-order valence-electron chi connectivity index (χ0n) is 63.2. The smallest absolute Gasteiger partial charge is 0.233 e. The number of hydrogen-bond acceptors (Lipinski definition) is 23. The fourth-order valence-electron chi connectivity index (χ4n) is 11.1. The van der Waals surface area contributed by atoms with Gasteiger partial charge in [0.15, 0.2) is 9.84 Å². The SMILES string of the molecule is C=CS(=O)(=O)CCC#Cc1cccc(NCC#Cc2cc(O)c3nc(C)sc3c2)c1.C=CS(=O)(=O)NCCC(=O)Nc1cccc(NCC#Cc2cc(O)c3nc(C)sc3c2)c1.C=CS(=O)(=O)NCc1cccc(NCC#Cc2cc(O)c3nc(C)sc3c2)c1.Cc1nc2c(O)cc(C#CCCc3cccc4cc(CO)[nH]c34)cc2s1. The predicted molar refractivity (Wildman–Crippen MR) is 471 cm³/mol. The first-order chi connectivity index (χ1) is 55.6. The Morgan fingerprint density at radius 3 is 1.38 bits per heavy atom. The number of aromatic nitrogens is 5. The Kier molecular flexibility index (Phi) is 30.1. The van der Waals surface area contributed by atoms with Gasteiger partial charge in [0.25, 0.3) is 0 Å². The van der Waals surface area contributed by atoms with Crippen molar-refractivity contribution in [2.45, 2.75) is 66.5 Å². The Hall–Kier alpha value is -12.3. The molecular weight excluding hydrogens is 1600 g/mol. The molecule has 13 aromatic rings. The van der Waals surface area contributed by atoms with Gasteiger partial charge < -0.3 is 51.8 Å². The second-order valence-corrected chi connectivity index (χ2v) is 35.7. The molecule has 0 saturated heterocycles. The molecule has 30 heteroatoms. The van der Waals surface area contributed by atoms with Crippen LogP contribution in [0.4, 0.5) is 22.7 Å². The van der Waals surface area contributed by atoms with Gasteiger partial charge in [0.1, 0.15) is 45.1 Å². The maximum absolute atomic E-state index is 12.0. The van der Waals surface area contributed by atoms with Crippen LogP contribution in [0.5, 0.6) is 23.0 Å². The summed E-state index contributed by atoms with van der Waals surface area (Å²) >= 11 is 6.10. The van der Waals surface area contributed by atoms with Crippen LogP contribution in [0.3, 0.4) is 0 Å². The van der Waals surface area contributed by atoms with Crippen LogP contribution in [0, 0.1) is 86.9 Å². The zero-order chi connectivity index (χ0) is 82.9. The molecule has 0 radical (unpaired) electrons. The highest BCUT2D eigenvalue weighted by Gasteiger charge is 2.14. The molecule has 116 heavy (non-hydrogen) atoms. The molecule has 12 N–H and O–H groups in total. The number of aromatic hydroxyl groups is 4. The van der Waals surface area contributed by atoms with E-state index in [1.54, 1.807) is 53.8 Å². The maximum atomic E-state index is 12.0. The normalized spacial score (nSPS) is 10.9. The molecule has 23 nitrogen and oxygen atoms in total. The fourth-order valence-corrected chi connectivity index (χ4v) is 16.2. The van der Waals surface area contributed by atoms with Crippen molar-refractivity contribution < 1.29 is 55.6 Å². The van der Waals surface area contributed by atoms with E-state index in [0.29, 0.717) is 59.4 Å². The largest absolute Gasteiger partial charge is 0.506 e. The quantitative estimate of drug-likeness (QED) is 0.0280. The number of nitrogens with one attached hydrogen (secondary N) is 7. The molecule has 0 bridgehead atoms. The number of benzene rings is 8. The number of anilines is 4. The van der Waals surface area contributed by atoms with Gasteiger partial charge in [-0.05, 0) is 148 Å². The first-order valence-corrected chi connectivity index (χ1v) is 43.6. The molecule has 592 valence electrons. The van der Waals surface area contributed by atoms with E-state index in [1.165, 1.54) is 39.6 Å². The summed E-state index contributed by atoms with van der Waals surface area (Å²) in [7, 11) is -10.2. The maximum Gasteiger partial charge on any atom is 0.233 e. The number of rotatable bonds is 22. The van der Waals surface area contributed by atoms with E-state index in [4.69, 9.17) is 0 Å². The molecule has 0 unspecified atom stereocenters. The summed E-state index contributed by atoms with van der Waals surface area (Å²) in [6.45, 7) is 18.7. The van der Waals surface area contributed by atoms with Crippen molar-refractivity contribution in [2.24, 2.45) is 0 Å². The number of aryl methyl sites for hydroxylation is 5. The summed E-state index contributed by atoms with van der Waals surface area (Å²) in [5.41, 5.74) is 13.2. The van der Waals surface area contributed by atoms with Crippen LogP contribution in [0.1, 0.15) is 83.9 Å². The number of aliphatic hydroxyl groups excluding tert-OH is 1. The second-order valence-electron chi connectivity index (χ2n) is 25.3. The molecule has 5 aromatic heterocycles. The summed E-state index contributed by atoms with van der Waals surface area (Å²) < 4.78 is 76.5. The van der Waals surface area contributed by atoms with Crippen molar-refractivity contribution in [1.82, 2.24) is 34.4 Å². The topological polar surface area (TPSA) is 360 Å². The number of sulfonamides is 2. The molecule has 8 aromatic carbocycles. The molecule has 0 saturated carbocycles. The Morgan fingerprint density at radius 1 is 0.474 bits per heavy atom. The van der Waals surface area contributed by atoms with Crippen molar-refractivity contribution in [3.05, 3.63) is 246 Å². The Bertz CT molecular complexity index is 6560. The number of nitrogens with zero attached hydrogens (tertiary/aromatic N) is 4. The summed E-state index contributed by atoms with van der Waals surface area (Å²) in [4.78, 5) is 32.5. The zero-order valence-corrected chi connectivity index (χ0v) is 68.9. The molecule has 13 rings (SSSR count). The molecule has 5 heterocycles. The van der Waals surface area contributed by atoms with Gasteiger partial charge in [0.05, 0.1) is 70.8 Å². The Labute approximate surface area is 688 Å². The lowest BCUT2D eigenvalue weighted by atomic mass is 10.1. The minimum atomic E-state index is -3.55. The number of aromatic amines is 1. The van der Waals surface area contributed by atoms with Crippen molar-refractivity contribution in [2.75, 3.05) is 53.2 Å². The first kappa shape index (κ1) is 86.1. The predicted octanol–water partition coefficient (Wildman–Crippen LogP) is 14.8. The van der Waals surface area contributed by atoms with Gasteiger partial charge >= 0.3 is 0 Å². The number of hydrogen-bond donors (Lipinski definition) is 12. The summed E-state index contributed by atoms with van der Waals surface area (Å²) in [6, 6.07) is 44.4. The number of aliphatic hydroxyl groups is 1. The van der Waals surface area contributed by atoms with Crippen molar-refractivity contribution in [3.63, 3.8) is 0 Å². The van der Waals surface area contributed by atoms with Crippen LogP contribution in [-0.4, -0.2) is 114 Å². The molecule has 0 spiro atoms. The number of carbonyl (C=O) groups is 1. The fraction of sp³-hybridized carbons (Fsp3) is 0.174. The van der Waals surface area contributed by atoms with E-state index in [1.807, 2.05) is 125 Å². The highest BCUT2D eigenvalue weighted by molar-refractivity contribution is 7.94. The van der Waals surface area contributed by atoms with Crippen molar-refractivity contribution in [3.8, 4) is 82.2 Å². The van der Waals surface area contributed by atoms with Crippen LogP contribution in [0.25, 0.3) is 51.8 Å². The van der Waals surface area contributed by atoms with Crippen LogP contribution in [-0.2, 0) is 54.3 Å². The number of phenols is 4. The lowest BCUT2D eigenvalue weighted by molar-refractivity contribution is -0.116. The van der Waals surface area contributed by atoms with Crippen LogP contribution < -0.4 is 30.7 Å². The van der Waals surface area contributed by atoms with E-state index in [0.717, 1.165) is 123 Å². The second kappa shape index (κ2) is 40.6. The molecule has 0 aliphatic carbocycles. The number of sulfone groups is 1. The van der Waals surface area contributed by atoms with Gasteiger partial charge in [-0.2, -0.15) is 0 Å². The Morgan fingerprint density at radius 2 is 0.897 bits per heavy atom. The Balaban J connectivity index is 0.000000164. The number of phenolic OH excluding ortho intramolecular Hbond substituents is 4. The highest BCUT2D eigenvalue weighted by Crippen LogP contribution is 2.34. The lowest BCUT2D eigenvalue weighted by Crippen LogP contribution is -2.26. The first-order valence-electron chi connectivity index (χ1n) is 35.6. The van der Waals surface area contributed by atoms with Gasteiger partial charge in [0.2, 0.25) is 26.0 Å². The highest BCUT2D eigenvalue weighted by atomic mass is 32.2. The van der Waals surface area contributed by atoms with E-state index in [-0.39, 0.29) is 67.2 Å². The van der Waals surface area contributed by atoms with Gasteiger partial charge in [0, 0.05) is 116 Å². The number of fused-ring (bicyclic) bond motifs is 5. The van der Waals surface area contributed by atoms with Gasteiger partial charge in [-0.25, -0.2) is 54.6 Å². The molecular formula is C86H79N11O12S7. The number of para-hydroxylation sites is 1. The minimum Gasteiger partial charge on any atom is -0.506 e. The van der Waals surface area contributed by atoms with Crippen LogP contribution in [0.15, 0.2) is 182 Å². The van der Waals surface area contributed by atoms with Crippen LogP contribution >= 0.6 is 45.3 Å².